The summed E-state index contributed by atoms with van der Waals surface area (Å²) < 4.78 is 11.1. The van der Waals surface area contributed by atoms with E-state index in [-0.39, 0.29) is 6.10 Å². The minimum absolute atomic E-state index is 0.231. The van der Waals surface area contributed by atoms with Crippen molar-refractivity contribution >= 4 is 0 Å². The van der Waals surface area contributed by atoms with Gasteiger partial charge in [0.25, 0.3) is 0 Å². The van der Waals surface area contributed by atoms with E-state index in [1.165, 1.54) is 12.8 Å². The lowest BCUT2D eigenvalue weighted by atomic mass is 9.84. The van der Waals surface area contributed by atoms with Crippen LogP contribution in [-0.4, -0.2) is 38.0 Å². The average Bonchev–Trinajstić information content (AvgIpc) is 2.27. The van der Waals surface area contributed by atoms with Gasteiger partial charge in [-0.15, -0.1) is 0 Å². The number of hydrogen-bond acceptors (Lipinski definition) is 3. The maximum absolute atomic E-state index is 5.63. The van der Waals surface area contributed by atoms with Gasteiger partial charge < -0.3 is 14.8 Å². The smallest absolute Gasteiger partial charge is 0.0986 e. The number of hydrogen-bond donors (Lipinski definition) is 1. The Morgan fingerprint density at radius 2 is 2.00 bits per heavy atom. The van der Waals surface area contributed by atoms with Gasteiger partial charge in [-0.25, -0.2) is 0 Å². The zero-order valence-corrected chi connectivity index (χ0v) is 12.0. The molecule has 102 valence electrons. The van der Waals surface area contributed by atoms with Crippen LogP contribution in [0.25, 0.3) is 0 Å². The lowest BCUT2D eigenvalue weighted by Crippen LogP contribution is -2.61. The van der Waals surface area contributed by atoms with E-state index in [1.54, 1.807) is 7.11 Å². The van der Waals surface area contributed by atoms with Crippen molar-refractivity contribution in [3.63, 3.8) is 0 Å². The van der Waals surface area contributed by atoms with Crippen molar-refractivity contribution < 1.29 is 9.47 Å². The first kappa shape index (κ1) is 14.9. The number of methoxy groups -OCH3 is 1. The van der Waals surface area contributed by atoms with E-state index in [0.29, 0.717) is 18.2 Å². The fraction of sp³-hybridized carbons (Fsp3) is 1.00. The maximum atomic E-state index is 5.63. The summed E-state index contributed by atoms with van der Waals surface area (Å²) in [6, 6.07) is 1.03. The zero-order valence-electron chi connectivity index (χ0n) is 12.0. The Hall–Kier alpha value is -0.120. The summed E-state index contributed by atoms with van der Waals surface area (Å²) in [5, 5.41) is 3.67. The summed E-state index contributed by atoms with van der Waals surface area (Å²) in [4.78, 5) is 0. The number of rotatable bonds is 8. The average molecular weight is 243 g/mol. The second-order valence-corrected chi connectivity index (χ2v) is 5.35. The van der Waals surface area contributed by atoms with Crippen LogP contribution in [0.3, 0.4) is 0 Å². The molecule has 0 aliphatic heterocycles. The van der Waals surface area contributed by atoms with Gasteiger partial charge in [0.15, 0.2) is 0 Å². The molecule has 1 saturated carbocycles. The zero-order chi connectivity index (χ0) is 12.8. The molecule has 1 fully saturated rings. The van der Waals surface area contributed by atoms with Crippen LogP contribution in [0.15, 0.2) is 0 Å². The summed E-state index contributed by atoms with van der Waals surface area (Å²) in [5.74, 6) is 0.793. The molecule has 1 N–H and O–H groups in total. The summed E-state index contributed by atoms with van der Waals surface area (Å²) in [6.07, 6.45) is 4.10. The van der Waals surface area contributed by atoms with Crippen molar-refractivity contribution in [3.8, 4) is 0 Å². The fourth-order valence-electron chi connectivity index (χ4n) is 2.64. The van der Waals surface area contributed by atoms with E-state index in [0.717, 1.165) is 18.9 Å². The first-order valence-electron chi connectivity index (χ1n) is 7.02. The van der Waals surface area contributed by atoms with E-state index in [2.05, 4.69) is 26.1 Å². The highest BCUT2D eigenvalue weighted by Crippen LogP contribution is 2.27. The number of ether oxygens (including phenoxy) is 2. The Kier molecular flexibility index (Phi) is 6.45. The molecule has 17 heavy (non-hydrogen) atoms. The lowest BCUT2D eigenvalue weighted by Gasteiger charge is -2.44. The molecule has 0 amide bonds. The third-order valence-electron chi connectivity index (χ3n) is 3.85. The Morgan fingerprint density at radius 3 is 2.53 bits per heavy atom. The molecule has 5 unspecified atom stereocenters. The van der Waals surface area contributed by atoms with Gasteiger partial charge in [-0.1, -0.05) is 20.3 Å². The predicted octanol–water partition coefficient (Wildman–Crippen LogP) is 2.59. The third kappa shape index (κ3) is 4.23. The molecule has 0 aromatic heterocycles. The molecular formula is C14H29NO2. The van der Waals surface area contributed by atoms with E-state index in [9.17, 15) is 0 Å². The van der Waals surface area contributed by atoms with Gasteiger partial charge in [-0.2, -0.15) is 0 Å². The van der Waals surface area contributed by atoms with Gasteiger partial charge in [0, 0.05) is 25.8 Å². The standard InChI is InChI=1S/C14H29NO2/c1-6-10(3)8-11(4)15-12-9-13(17-7-2)14(12)16-5/h10-15H,6-9H2,1-5H3. The van der Waals surface area contributed by atoms with E-state index in [4.69, 9.17) is 9.47 Å². The highest BCUT2D eigenvalue weighted by atomic mass is 16.5. The van der Waals surface area contributed by atoms with Crippen molar-refractivity contribution in [2.75, 3.05) is 13.7 Å². The number of nitrogens with one attached hydrogen (secondary N) is 1. The fourth-order valence-corrected chi connectivity index (χ4v) is 2.64. The van der Waals surface area contributed by atoms with Crippen molar-refractivity contribution in [2.24, 2.45) is 5.92 Å². The summed E-state index contributed by atoms with van der Waals surface area (Å²) in [7, 11) is 1.78. The molecule has 0 aromatic rings. The molecule has 0 spiro atoms. The Labute approximate surface area is 106 Å². The Balaban J connectivity index is 2.28. The van der Waals surface area contributed by atoms with Crippen molar-refractivity contribution in [2.45, 2.75) is 71.2 Å². The Morgan fingerprint density at radius 1 is 1.29 bits per heavy atom. The largest absolute Gasteiger partial charge is 0.377 e. The van der Waals surface area contributed by atoms with Crippen LogP contribution < -0.4 is 5.32 Å². The van der Waals surface area contributed by atoms with Crippen LogP contribution in [0.1, 0.15) is 47.0 Å². The van der Waals surface area contributed by atoms with Crippen LogP contribution in [0, 0.1) is 5.92 Å². The molecule has 1 aliphatic carbocycles. The SMILES string of the molecule is CCOC1CC(NC(C)CC(C)CC)C1OC. The third-order valence-corrected chi connectivity index (χ3v) is 3.85. The molecule has 1 aliphatic rings. The van der Waals surface area contributed by atoms with Gasteiger partial charge in [-0.05, 0) is 32.6 Å². The van der Waals surface area contributed by atoms with Crippen LogP contribution in [0.2, 0.25) is 0 Å². The van der Waals surface area contributed by atoms with Gasteiger partial charge in [0.05, 0.1) is 12.2 Å². The van der Waals surface area contributed by atoms with Gasteiger partial charge >= 0.3 is 0 Å². The molecule has 3 heteroatoms. The summed E-state index contributed by atoms with van der Waals surface area (Å²) in [5.41, 5.74) is 0. The molecule has 1 rings (SSSR count). The molecule has 0 bridgehead atoms. The monoisotopic (exact) mass is 243 g/mol. The molecule has 0 saturated heterocycles. The summed E-state index contributed by atoms with van der Waals surface area (Å²) in [6.45, 7) is 9.66. The molecule has 0 heterocycles. The quantitative estimate of drug-likeness (QED) is 0.711. The normalized spacial score (nSPS) is 31.9. The van der Waals surface area contributed by atoms with E-state index >= 15 is 0 Å². The van der Waals surface area contributed by atoms with Crippen LogP contribution in [0.4, 0.5) is 0 Å². The van der Waals surface area contributed by atoms with Crippen LogP contribution >= 0.6 is 0 Å². The molecular weight excluding hydrogens is 214 g/mol. The molecule has 3 nitrogen and oxygen atoms in total. The minimum Gasteiger partial charge on any atom is -0.377 e. The van der Waals surface area contributed by atoms with E-state index < -0.39 is 0 Å². The Bertz CT molecular complexity index is 210. The van der Waals surface area contributed by atoms with Gasteiger partial charge in [0.1, 0.15) is 0 Å². The lowest BCUT2D eigenvalue weighted by molar-refractivity contribution is -0.133. The molecule has 5 atom stereocenters. The second kappa shape index (κ2) is 7.34. The first-order valence-corrected chi connectivity index (χ1v) is 7.02. The highest BCUT2D eigenvalue weighted by molar-refractivity contribution is 4.98. The maximum Gasteiger partial charge on any atom is 0.0986 e. The van der Waals surface area contributed by atoms with Crippen molar-refractivity contribution in [1.82, 2.24) is 5.32 Å². The second-order valence-electron chi connectivity index (χ2n) is 5.35. The van der Waals surface area contributed by atoms with Crippen molar-refractivity contribution in [3.05, 3.63) is 0 Å². The van der Waals surface area contributed by atoms with Gasteiger partial charge in [-0.3, -0.25) is 0 Å². The minimum atomic E-state index is 0.231. The van der Waals surface area contributed by atoms with Crippen LogP contribution in [0.5, 0.6) is 0 Å². The molecule has 0 radical (unpaired) electrons. The van der Waals surface area contributed by atoms with Crippen LogP contribution in [-0.2, 0) is 9.47 Å². The highest BCUT2D eigenvalue weighted by Gasteiger charge is 2.42. The van der Waals surface area contributed by atoms with E-state index in [1.807, 2.05) is 6.92 Å². The topological polar surface area (TPSA) is 30.5 Å². The first-order chi connectivity index (χ1) is 8.12. The summed E-state index contributed by atoms with van der Waals surface area (Å²) >= 11 is 0. The molecule has 0 aromatic carbocycles. The predicted molar refractivity (Wildman–Crippen MR) is 71.3 cm³/mol. The van der Waals surface area contributed by atoms with Gasteiger partial charge in [0.2, 0.25) is 0 Å². The van der Waals surface area contributed by atoms with Crippen molar-refractivity contribution in [1.29, 1.82) is 0 Å².